The molecule has 0 saturated carbocycles. The van der Waals surface area contributed by atoms with E-state index in [-0.39, 0.29) is 11.7 Å². The number of aryl methyl sites for hydroxylation is 1. The molecule has 0 aliphatic heterocycles. The van der Waals surface area contributed by atoms with E-state index < -0.39 is 0 Å². The lowest BCUT2D eigenvalue weighted by Crippen LogP contribution is -2.15. The SMILES string of the molecule is Cc1nnc(SCC(=O)Nc2ccccc2Br)n1-c1cccc2cccnc12. The summed E-state index contributed by atoms with van der Waals surface area (Å²) in [5.74, 6) is 0.851. The fourth-order valence-electron chi connectivity index (χ4n) is 2.86. The van der Waals surface area contributed by atoms with Crippen LogP contribution in [0, 0.1) is 6.92 Å². The summed E-state index contributed by atoms with van der Waals surface area (Å²) < 4.78 is 2.78. The fraction of sp³-hybridized carbons (Fsp3) is 0.100. The normalized spacial score (nSPS) is 10.9. The molecule has 0 aliphatic rings. The molecule has 8 heteroatoms. The number of nitrogens with zero attached hydrogens (tertiary/aromatic N) is 4. The maximum Gasteiger partial charge on any atom is 0.234 e. The van der Waals surface area contributed by atoms with Crippen LogP contribution in [0.1, 0.15) is 5.82 Å². The van der Waals surface area contributed by atoms with Crippen molar-refractivity contribution in [3.8, 4) is 5.69 Å². The van der Waals surface area contributed by atoms with Crippen LogP contribution in [0.4, 0.5) is 5.69 Å². The molecule has 28 heavy (non-hydrogen) atoms. The molecule has 1 amide bonds. The lowest BCUT2D eigenvalue weighted by atomic mass is 10.2. The summed E-state index contributed by atoms with van der Waals surface area (Å²) >= 11 is 4.77. The second-order valence-electron chi connectivity index (χ2n) is 6.03. The molecular formula is C20H16BrN5OS. The van der Waals surface area contributed by atoms with Crippen molar-refractivity contribution < 1.29 is 4.79 Å². The molecule has 4 aromatic rings. The maximum absolute atomic E-state index is 12.4. The van der Waals surface area contributed by atoms with Gasteiger partial charge in [0.05, 0.1) is 22.6 Å². The van der Waals surface area contributed by atoms with Crippen molar-refractivity contribution in [2.75, 3.05) is 11.1 Å². The molecule has 2 heterocycles. The molecule has 0 spiro atoms. The van der Waals surface area contributed by atoms with Crippen molar-refractivity contribution in [2.45, 2.75) is 12.1 Å². The second-order valence-corrected chi connectivity index (χ2v) is 7.83. The van der Waals surface area contributed by atoms with E-state index in [2.05, 4.69) is 36.4 Å². The first kappa shape index (κ1) is 18.6. The van der Waals surface area contributed by atoms with Crippen molar-refractivity contribution in [1.82, 2.24) is 19.7 Å². The number of carbonyl (C=O) groups excluding carboxylic acids is 1. The molecule has 6 nitrogen and oxygen atoms in total. The Bertz CT molecular complexity index is 1160. The van der Waals surface area contributed by atoms with Gasteiger partial charge in [-0.1, -0.05) is 42.1 Å². The van der Waals surface area contributed by atoms with Gasteiger partial charge in [0.2, 0.25) is 5.91 Å². The summed E-state index contributed by atoms with van der Waals surface area (Å²) in [7, 11) is 0. The first-order chi connectivity index (χ1) is 13.6. The van der Waals surface area contributed by atoms with E-state index in [9.17, 15) is 4.79 Å². The number of rotatable bonds is 5. The van der Waals surface area contributed by atoms with Crippen LogP contribution < -0.4 is 5.32 Å². The van der Waals surface area contributed by atoms with Crippen LogP contribution in [0.25, 0.3) is 16.6 Å². The van der Waals surface area contributed by atoms with Crippen molar-refractivity contribution in [1.29, 1.82) is 0 Å². The van der Waals surface area contributed by atoms with Crippen LogP contribution in [0.5, 0.6) is 0 Å². The molecule has 0 fully saturated rings. The zero-order valence-corrected chi connectivity index (χ0v) is 17.4. The van der Waals surface area contributed by atoms with Crippen LogP contribution in [0.15, 0.2) is 70.4 Å². The molecule has 0 atom stereocenters. The van der Waals surface area contributed by atoms with Crippen molar-refractivity contribution >= 4 is 50.2 Å². The molecule has 0 saturated heterocycles. The molecular weight excluding hydrogens is 438 g/mol. The van der Waals surface area contributed by atoms with E-state index in [1.54, 1.807) is 6.20 Å². The fourth-order valence-corrected chi connectivity index (χ4v) is 4.04. The van der Waals surface area contributed by atoms with Crippen LogP contribution in [0.2, 0.25) is 0 Å². The van der Waals surface area contributed by atoms with Crippen LogP contribution in [-0.2, 0) is 4.79 Å². The Balaban J connectivity index is 1.57. The van der Waals surface area contributed by atoms with E-state index in [0.29, 0.717) is 5.16 Å². The van der Waals surface area contributed by atoms with Gasteiger partial charge in [0, 0.05) is 16.1 Å². The third-order valence-electron chi connectivity index (χ3n) is 4.13. The van der Waals surface area contributed by atoms with Gasteiger partial charge in [-0.25, -0.2) is 0 Å². The number of halogens is 1. The van der Waals surface area contributed by atoms with Crippen LogP contribution in [-0.4, -0.2) is 31.4 Å². The zero-order valence-electron chi connectivity index (χ0n) is 15.0. The minimum atomic E-state index is -0.111. The second kappa shape index (κ2) is 8.12. The number of para-hydroxylation sites is 2. The Morgan fingerprint density at radius 1 is 1.11 bits per heavy atom. The number of hydrogen-bond acceptors (Lipinski definition) is 5. The van der Waals surface area contributed by atoms with Gasteiger partial charge in [-0.15, -0.1) is 10.2 Å². The highest BCUT2D eigenvalue weighted by atomic mass is 79.9. The Hall–Kier alpha value is -2.71. The largest absolute Gasteiger partial charge is 0.324 e. The van der Waals surface area contributed by atoms with Gasteiger partial charge in [-0.3, -0.25) is 14.3 Å². The summed E-state index contributed by atoms with van der Waals surface area (Å²) in [5.41, 5.74) is 2.51. The standard InChI is InChI=1S/C20H16BrN5OS/c1-13-24-25-20(28-12-18(27)23-16-9-3-2-8-15(16)21)26(13)17-10-4-6-14-7-5-11-22-19(14)17/h2-11H,12H2,1H3,(H,23,27). The summed E-state index contributed by atoms with van der Waals surface area (Å²) in [6, 6.07) is 17.4. The van der Waals surface area contributed by atoms with Crippen LogP contribution >= 0.6 is 27.7 Å². The first-order valence-corrected chi connectivity index (χ1v) is 10.3. The molecule has 4 rings (SSSR count). The first-order valence-electron chi connectivity index (χ1n) is 8.57. The number of hydrogen-bond donors (Lipinski definition) is 1. The van der Waals surface area contributed by atoms with Gasteiger partial charge >= 0.3 is 0 Å². The summed E-state index contributed by atoms with van der Waals surface area (Å²) in [4.78, 5) is 16.9. The van der Waals surface area contributed by atoms with Gasteiger partial charge in [-0.2, -0.15) is 0 Å². The highest BCUT2D eigenvalue weighted by molar-refractivity contribution is 9.10. The number of carbonyl (C=O) groups is 1. The number of thioether (sulfide) groups is 1. The molecule has 140 valence electrons. The number of aromatic nitrogens is 4. The summed E-state index contributed by atoms with van der Waals surface area (Å²) in [5, 5.41) is 13.0. The average Bonchev–Trinajstić information content (AvgIpc) is 3.08. The lowest BCUT2D eigenvalue weighted by molar-refractivity contribution is -0.113. The molecule has 0 aliphatic carbocycles. The predicted octanol–water partition coefficient (Wildman–Crippen LogP) is 4.62. The van der Waals surface area contributed by atoms with Gasteiger partial charge in [0.15, 0.2) is 5.16 Å². The number of amides is 1. The topological polar surface area (TPSA) is 72.7 Å². The number of nitrogens with one attached hydrogen (secondary N) is 1. The molecule has 1 N–H and O–H groups in total. The van der Waals surface area contributed by atoms with Crippen molar-refractivity contribution in [3.63, 3.8) is 0 Å². The molecule has 0 radical (unpaired) electrons. The Labute approximate surface area is 174 Å². The van der Waals surface area contributed by atoms with E-state index in [1.807, 2.05) is 66.1 Å². The van der Waals surface area contributed by atoms with Gasteiger partial charge < -0.3 is 5.32 Å². The van der Waals surface area contributed by atoms with Gasteiger partial charge in [0.1, 0.15) is 5.82 Å². The Kier molecular flexibility index (Phi) is 5.40. The van der Waals surface area contributed by atoms with E-state index in [0.717, 1.165) is 32.6 Å². The van der Waals surface area contributed by atoms with Crippen molar-refractivity contribution in [2.24, 2.45) is 0 Å². The Morgan fingerprint density at radius 3 is 2.79 bits per heavy atom. The lowest BCUT2D eigenvalue weighted by Gasteiger charge is -2.11. The van der Waals surface area contributed by atoms with Gasteiger partial charge in [0.25, 0.3) is 0 Å². The zero-order chi connectivity index (χ0) is 19.5. The van der Waals surface area contributed by atoms with E-state index >= 15 is 0 Å². The molecule has 0 bridgehead atoms. The van der Waals surface area contributed by atoms with Gasteiger partial charge in [-0.05, 0) is 47.1 Å². The highest BCUT2D eigenvalue weighted by Gasteiger charge is 2.16. The molecule has 0 unspecified atom stereocenters. The smallest absolute Gasteiger partial charge is 0.234 e. The minimum absolute atomic E-state index is 0.111. The number of anilines is 1. The third kappa shape index (κ3) is 3.79. The van der Waals surface area contributed by atoms with Crippen molar-refractivity contribution in [3.05, 3.63) is 71.1 Å². The number of pyridine rings is 1. The monoisotopic (exact) mass is 453 g/mol. The minimum Gasteiger partial charge on any atom is -0.324 e. The van der Waals surface area contributed by atoms with Crippen LogP contribution in [0.3, 0.4) is 0 Å². The quantitative estimate of drug-likeness (QED) is 0.446. The molecule has 2 aromatic carbocycles. The maximum atomic E-state index is 12.4. The van der Waals surface area contributed by atoms with E-state index in [4.69, 9.17) is 0 Å². The number of fused-ring (bicyclic) bond motifs is 1. The summed E-state index contributed by atoms with van der Waals surface area (Å²) in [6.07, 6.45) is 1.77. The molecule has 2 aromatic heterocycles. The summed E-state index contributed by atoms with van der Waals surface area (Å²) in [6.45, 7) is 1.89. The third-order valence-corrected chi connectivity index (χ3v) is 5.75. The predicted molar refractivity (Wildman–Crippen MR) is 115 cm³/mol. The van der Waals surface area contributed by atoms with E-state index in [1.165, 1.54) is 11.8 Å². The number of benzene rings is 2. The Morgan fingerprint density at radius 2 is 1.93 bits per heavy atom. The highest BCUT2D eigenvalue weighted by Crippen LogP contribution is 2.27. The average molecular weight is 454 g/mol.